The number of aryl methyl sites for hydroxylation is 2. The summed E-state index contributed by atoms with van der Waals surface area (Å²) in [6, 6.07) is 25.5. The molecule has 0 fully saturated rings. The monoisotopic (exact) mass is 552 g/mol. The molecule has 0 heterocycles. The summed E-state index contributed by atoms with van der Waals surface area (Å²) in [7, 11) is 0. The highest BCUT2D eigenvalue weighted by Crippen LogP contribution is 2.29. The van der Waals surface area contributed by atoms with E-state index in [2.05, 4.69) is 5.16 Å². The maximum Gasteiger partial charge on any atom is 0.332 e. The first-order chi connectivity index (χ1) is 19.1. The maximum absolute atomic E-state index is 13.4. The van der Waals surface area contributed by atoms with Gasteiger partial charge < -0.3 is 4.84 Å². The third kappa shape index (κ3) is 6.57. The maximum atomic E-state index is 13.4. The van der Waals surface area contributed by atoms with Crippen LogP contribution in [0, 0.1) is 24.0 Å². The minimum Gasteiger partial charge on any atom is -0.318 e. The van der Waals surface area contributed by atoms with Crippen molar-refractivity contribution in [1.82, 2.24) is 0 Å². The lowest BCUT2D eigenvalue weighted by Crippen LogP contribution is -2.18. The van der Waals surface area contributed by atoms with Crippen LogP contribution >= 0.6 is 11.8 Å². The van der Waals surface area contributed by atoms with Crippen molar-refractivity contribution in [2.24, 2.45) is 5.16 Å². The summed E-state index contributed by atoms with van der Waals surface area (Å²) in [5.74, 6) is -1.32. The number of nitro groups is 1. The largest absolute Gasteiger partial charge is 0.332 e. The van der Waals surface area contributed by atoms with Crippen molar-refractivity contribution in [3.05, 3.63) is 134 Å². The van der Waals surface area contributed by atoms with Crippen molar-refractivity contribution in [2.75, 3.05) is 0 Å². The molecule has 40 heavy (non-hydrogen) atoms. The van der Waals surface area contributed by atoms with E-state index in [4.69, 9.17) is 4.84 Å². The van der Waals surface area contributed by atoms with Crippen molar-refractivity contribution in [2.45, 2.75) is 30.6 Å². The summed E-state index contributed by atoms with van der Waals surface area (Å²) in [6.07, 6.45) is 0. The van der Waals surface area contributed by atoms with E-state index in [0.29, 0.717) is 16.7 Å². The SMILES string of the molecule is CC(=O)O/N=C(\C(=O)c1ccc(Sc2ccc(C(=O)c3ccccc3C)cc2)cc1)c1cc([N+](=O)[O-])ccc1C. The molecular weight excluding hydrogens is 528 g/mol. The number of oxime groups is 1. The van der Waals surface area contributed by atoms with Crippen LogP contribution in [0.5, 0.6) is 0 Å². The summed E-state index contributed by atoms with van der Waals surface area (Å²) in [5.41, 5.74) is 2.76. The number of ketones is 2. The van der Waals surface area contributed by atoms with Gasteiger partial charge >= 0.3 is 5.97 Å². The second kappa shape index (κ2) is 12.3. The second-order valence-corrected chi connectivity index (χ2v) is 10.1. The molecule has 0 saturated heterocycles. The molecule has 0 aliphatic heterocycles. The first-order valence-corrected chi connectivity index (χ1v) is 13.0. The highest BCUT2D eigenvalue weighted by atomic mass is 32.2. The molecule has 0 bridgehead atoms. The Bertz CT molecular complexity index is 1640. The third-order valence-electron chi connectivity index (χ3n) is 6.03. The van der Waals surface area contributed by atoms with Crippen LogP contribution in [-0.2, 0) is 9.63 Å². The van der Waals surface area contributed by atoms with E-state index in [1.165, 1.54) is 30.0 Å². The number of rotatable bonds is 9. The van der Waals surface area contributed by atoms with Gasteiger partial charge in [0.1, 0.15) is 0 Å². The normalized spacial score (nSPS) is 11.1. The fraction of sp³-hybridized carbons (Fsp3) is 0.0968. The topological polar surface area (TPSA) is 116 Å². The summed E-state index contributed by atoms with van der Waals surface area (Å²) < 4.78 is 0. The minimum atomic E-state index is -0.730. The molecule has 0 radical (unpaired) electrons. The molecule has 0 aliphatic rings. The van der Waals surface area contributed by atoms with Gasteiger partial charge in [-0.15, -0.1) is 0 Å². The molecule has 4 aromatic carbocycles. The van der Waals surface area contributed by atoms with Crippen LogP contribution in [0.4, 0.5) is 5.69 Å². The van der Waals surface area contributed by atoms with Crippen molar-refractivity contribution in [3.63, 3.8) is 0 Å². The van der Waals surface area contributed by atoms with E-state index >= 15 is 0 Å². The van der Waals surface area contributed by atoms with Crippen molar-refractivity contribution < 1.29 is 24.1 Å². The first kappa shape index (κ1) is 28.1. The molecule has 0 unspecified atom stereocenters. The van der Waals surface area contributed by atoms with Gasteiger partial charge in [0.2, 0.25) is 5.78 Å². The van der Waals surface area contributed by atoms with Gasteiger partial charge in [0, 0.05) is 51.1 Å². The van der Waals surface area contributed by atoms with E-state index in [-0.39, 0.29) is 28.3 Å². The van der Waals surface area contributed by atoms with Crippen molar-refractivity contribution in [1.29, 1.82) is 0 Å². The van der Waals surface area contributed by atoms with Crippen LogP contribution in [0.2, 0.25) is 0 Å². The average Bonchev–Trinajstić information content (AvgIpc) is 2.94. The van der Waals surface area contributed by atoms with Gasteiger partial charge in [-0.05, 0) is 73.5 Å². The van der Waals surface area contributed by atoms with E-state index < -0.39 is 16.7 Å². The number of hydrogen-bond acceptors (Lipinski definition) is 8. The predicted octanol–water partition coefficient (Wildman–Crippen LogP) is 6.74. The van der Waals surface area contributed by atoms with Crippen LogP contribution < -0.4 is 0 Å². The highest BCUT2D eigenvalue weighted by molar-refractivity contribution is 7.99. The Labute approximate surface area is 234 Å². The number of hydrogen-bond donors (Lipinski definition) is 0. The van der Waals surface area contributed by atoms with Crippen molar-refractivity contribution >= 4 is 40.7 Å². The van der Waals surface area contributed by atoms with Gasteiger partial charge in [0.15, 0.2) is 11.5 Å². The highest BCUT2D eigenvalue weighted by Gasteiger charge is 2.22. The quantitative estimate of drug-likeness (QED) is 0.0742. The first-order valence-electron chi connectivity index (χ1n) is 12.2. The number of carbonyl (C=O) groups is 3. The van der Waals surface area contributed by atoms with Gasteiger partial charge in [-0.25, -0.2) is 4.79 Å². The second-order valence-electron chi connectivity index (χ2n) is 8.90. The van der Waals surface area contributed by atoms with Crippen LogP contribution in [0.25, 0.3) is 0 Å². The number of carbonyl (C=O) groups excluding carboxylic acids is 3. The Balaban J connectivity index is 1.53. The molecule has 9 heteroatoms. The molecule has 0 saturated carbocycles. The molecule has 200 valence electrons. The van der Waals surface area contributed by atoms with Gasteiger partial charge in [-0.2, -0.15) is 0 Å². The van der Waals surface area contributed by atoms with Crippen LogP contribution in [0.1, 0.15) is 49.9 Å². The zero-order valence-electron chi connectivity index (χ0n) is 21.9. The number of nitrogens with zero attached hydrogens (tertiary/aromatic N) is 2. The lowest BCUT2D eigenvalue weighted by Gasteiger charge is -2.09. The van der Waals surface area contributed by atoms with E-state index in [0.717, 1.165) is 22.3 Å². The van der Waals surface area contributed by atoms with Crippen LogP contribution in [0.15, 0.2) is 106 Å². The van der Waals surface area contributed by atoms with Crippen LogP contribution in [0.3, 0.4) is 0 Å². The number of benzene rings is 4. The Hall–Kier alpha value is -4.89. The zero-order chi connectivity index (χ0) is 28.8. The molecule has 0 spiro atoms. The van der Waals surface area contributed by atoms with Crippen LogP contribution in [-0.4, -0.2) is 28.2 Å². The third-order valence-corrected chi connectivity index (χ3v) is 7.04. The van der Waals surface area contributed by atoms with Gasteiger partial charge in [0.05, 0.1) is 4.92 Å². The Morgan fingerprint density at radius 2 is 1.35 bits per heavy atom. The summed E-state index contributed by atoms with van der Waals surface area (Å²) in [5, 5.41) is 15.0. The Kier molecular flexibility index (Phi) is 8.66. The zero-order valence-corrected chi connectivity index (χ0v) is 22.7. The predicted molar refractivity (Wildman–Crippen MR) is 152 cm³/mol. The Morgan fingerprint density at radius 3 is 1.93 bits per heavy atom. The van der Waals surface area contributed by atoms with Crippen molar-refractivity contribution in [3.8, 4) is 0 Å². The number of non-ortho nitro benzene ring substituents is 1. The van der Waals surface area contributed by atoms with E-state index in [1.807, 2.05) is 43.3 Å². The molecule has 0 amide bonds. The molecule has 4 aromatic rings. The molecule has 4 rings (SSSR count). The lowest BCUT2D eigenvalue weighted by molar-refractivity contribution is -0.384. The van der Waals surface area contributed by atoms with E-state index in [1.54, 1.807) is 43.3 Å². The van der Waals surface area contributed by atoms with Gasteiger partial charge in [0.25, 0.3) is 5.69 Å². The molecule has 0 aromatic heterocycles. The molecular formula is C31H24N2O6S. The average molecular weight is 553 g/mol. The van der Waals surface area contributed by atoms with Gasteiger partial charge in [-0.3, -0.25) is 19.7 Å². The smallest absolute Gasteiger partial charge is 0.318 e. The molecule has 8 nitrogen and oxygen atoms in total. The standard InChI is InChI=1S/C31H24N2O6S/c1-19-6-4-5-7-27(19)30(35)22-9-14-25(15-10-22)40-26-16-11-23(12-17-26)31(36)29(32-39-21(3)34)28-18-24(33(37)38)13-8-20(28)2/h4-18H,1-3H3/b32-29-. The molecule has 0 N–H and O–H groups in total. The summed E-state index contributed by atoms with van der Waals surface area (Å²) in [6.45, 7) is 4.72. The number of Topliss-reactive ketones (excluding diaryl/α,β-unsaturated/α-hetero) is 1. The Morgan fingerprint density at radius 1 is 0.775 bits per heavy atom. The number of nitro benzene ring substituents is 1. The van der Waals surface area contributed by atoms with Gasteiger partial charge in [-0.1, -0.05) is 47.2 Å². The summed E-state index contributed by atoms with van der Waals surface area (Å²) in [4.78, 5) is 54.8. The molecule has 0 aliphatic carbocycles. The lowest BCUT2D eigenvalue weighted by atomic mass is 9.97. The fourth-order valence-electron chi connectivity index (χ4n) is 3.91. The van der Waals surface area contributed by atoms with E-state index in [9.17, 15) is 24.5 Å². The minimum absolute atomic E-state index is 0.0391. The fourth-order valence-corrected chi connectivity index (χ4v) is 4.72. The summed E-state index contributed by atoms with van der Waals surface area (Å²) >= 11 is 1.46. The molecule has 0 atom stereocenters.